The first-order valence-electron chi connectivity index (χ1n) is 7.32. The van der Waals surface area contributed by atoms with Crippen LogP contribution in [0, 0.1) is 10.1 Å². The SMILES string of the molecule is O=[N+]([O-])c1ccc(C2CC(Cl)CC(c3ccc(Cl)cc3)O2)cc1. The van der Waals surface area contributed by atoms with E-state index in [2.05, 4.69) is 0 Å². The number of non-ortho nitro benzene ring substituents is 1. The Hall–Kier alpha value is -1.62. The molecule has 0 radical (unpaired) electrons. The van der Waals surface area contributed by atoms with Crippen LogP contribution >= 0.6 is 23.2 Å². The van der Waals surface area contributed by atoms with E-state index in [0.29, 0.717) is 11.4 Å². The molecular formula is C17H15Cl2NO3. The van der Waals surface area contributed by atoms with Gasteiger partial charge in [0.1, 0.15) is 0 Å². The summed E-state index contributed by atoms with van der Waals surface area (Å²) < 4.78 is 6.17. The van der Waals surface area contributed by atoms with Crippen molar-refractivity contribution in [3.63, 3.8) is 0 Å². The first kappa shape index (κ1) is 16.2. The van der Waals surface area contributed by atoms with Gasteiger partial charge >= 0.3 is 0 Å². The van der Waals surface area contributed by atoms with Gasteiger partial charge in [-0.05, 0) is 48.2 Å². The van der Waals surface area contributed by atoms with E-state index in [1.807, 2.05) is 24.3 Å². The third-order valence-corrected chi connectivity index (χ3v) is 4.59. The Bertz CT molecular complexity index is 688. The normalized spacial score (nSPS) is 24.3. The Labute approximate surface area is 144 Å². The Morgan fingerprint density at radius 3 is 1.91 bits per heavy atom. The molecule has 0 aromatic heterocycles. The van der Waals surface area contributed by atoms with Crippen LogP contribution in [0.2, 0.25) is 5.02 Å². The fraction of sp³-hybridized carbons (Fsp3) is 0.294. The van der Waals surface area contributed by atoms with Gasteiger partial charge in [-0.2, -0.15) is 0 Å². The zero-order valence-electron chi connectivity index (χ0n) is 12.2. The second-order valence-electron chi connectivity index (χ2n) is 5.58. The van der Waals surface area contributed by atoms with Gasteiger partial charge in [0.15, 0.2) is 0 Å². The Morgan fingerprint density at radius 2 is 1.43 bits per heavy atom. The Kier molecular flexibility index (Phi) is 4.85. The largest absolute Gasteiger partial charge is 0.365 e. The molecule has 0 saturated carbocycles. The van der Waals surface area contributed by atoms with E-state index in [1.165, 1.54) is 12.1 Å². The van der Waals surface area contributed by atoms with Crippen LogP contribution in [0.1, 0.15) is 36.2 Å². The number of benzene rings is 2. The molecule has 0 amide bonds. The summed E-state index contributed by atoms with van der Waals surface area (Å²) in [4.78, 5) is 10.3. The lowest BCUT2D eigenvalue weighted by molar-refractivity contribution is -0.384. The van der Waals surface area contributed by atoms with Crippen LogP contribution < -0.4 is 0 Å². The number of ether oxygens (including phenoxy) is 1. The van der Waals surface area contributed by atoms with Crippen LogP contribution in [0.4, 0.5) is 5.69 Å². The molecule has 1 heterocycles. The lowest BCUT2D eigenvalue weighted by atomic mass is 9.94. The number of hydrogen-bond donors (Lipinski definition) is 0. The van der Waals surface area contributed by atoms with Crippen LogP contribution in [-0.4, -0.2) is 10.3 Å². The number of rotatable bonds is 3. The molecule has 1 aliphatic heterocycles. The van der Waals surface area contributed by atoms with Crippen LogP contribution in [0.5, 0.6) is 0 Å². The highest BCUT2D eigenvalue weighted by atomic mass is 35.5. The van der Waals surface area contributed by atoms with Crippen LogP contribution in [0.25, 0.3) is 0 Å². The third kappa shape index (κ3) is 3.83. The zero-order chi connectivity index (χ0) is 16.4. The second kappa shape index (κ2) is 6.87. The molecule has 0 aliphatic carbocycles. The molecule has 0 N–H and O–H groups in total. The van der Waals surface area contributed by atoms with Gasteiger partial charge in [0, 0.05) is 22.5 Å². The van der Waals surface area contributed by atoms with E-state index in [-0.39, 0.29) is 23.3 Å². The first-order valence-corrected chi connectivity index (χ1v) is 8.13. The van der Waals surface area contributed by atoms with Gasteiger partial charge in [0.05, 0.1) is 17.1 Å². The minimum Gasteiger partial charge on any atom is -0.365 e. The molecule has 120 valence electrons. The molecule has 3 unspecified atom stereocenters. The highest BCUT2D eigenvalue weighted by Gasteiger charge is 2.30. The van der Waals surface area contributed by atoms with E-state index >= 15 is 0 Å². The summed E-state index contributed by atoms with van der Waals surface area (Å²) in [7, 11) is 0. The van der Waals surface area contributed by atoms with Crippen LogP contribution in [0.3, 0.4) is 0 Å². The van der Waals surface area contributed by atoms with Crippen molar-refractivity contribution in [3.05, 3.63) is 74.8 Å². The van der Waals surface area contributed by atoms with E-state index in [0.717, 1.165) is 17.5 Å². The lowest BCUT2D eigenvalue weighted by Gasteiger charge is -2.33. The van der Waals surface area contributed by atoms with Gasteiger partial charge < -0.3 is 4.74 Å². The number of nitrogens with zero attached hydrogens (tertiary/aromatic N) is 1. The van der Waals surface area contributed by atoms with Crippen molar-refractivity contribution in [3.8, 4) is 0 Å². The average Bonchev–Trinajstić information content (AvgIpc) is 2.55. The van der Waals surface area contributed by atoms with Gasteiger partial charge in [-0.15, -0.1) is 11.6 Å². The molecule has 23 heavy (non-hydrogen) atoms. The molecule has 2 aromatic rings. The Morgan fingerprint density at radius 1 is 0.957 bits per heavy atom. The number of halogens is 2. The standard InChI is InChI=1S/C17H15Cl2NO3/c18-13-5-1-11(2-6-13)16-9-14(19)10-17(23-16)12-3-7-15(8-4-12)20(21)22/h1-8,14,16-17H,9-10H2. The maximum Gasteiger partial charge on any atom is 0.269 e. The number of nitro groups is 1. The van der Waals surface area contributed by atoms with Gasteiger partial charge in [-0.25, -0.2) is 0 Å². The van der Waals surface area contributed by atoms with E-state index in [4.69, 9.17) is 27.9 Å². The second-order valence-corrected chi connectivity index (χ2v) is 6.64. The highest BCUT2D eigenvalue weighted by Crippen LogP contribution is 2.41. The minimum atomic E-state index is -0.410. The summed E-state index contributed by atoms with van der Waals surface area (Å²) in [5, 5.41) is 11.4. The van der Waals surface area contributed by atoms with Gasteiger partial charge in [0.2, 0.25) is 0 Å². The van der Waals surface area contributed by atoms with Crippen molar-refractivity contribution < 1.29 is 9.66 Å². The fourth-order valence-corrected chi connectivity index (χ4v) is 3.24. The molecule has 6 heteroatoms. The van der Waals surface area contributed by atoms with Crippen molar-refractivity contribution >= 4 is 28.9 Å². The van der Waals surface area contributed by atoms with Crippen molar-refractivity contribution in [1.29, 1.82) is 0 Å². The summed E-state index contributed by atoms with van der Waals surface area (Å²) in [6, 6.07) is 14.0. The zero-order valence-corrected chi connectivity index (χ0v) is 13.7. The third-order valence-electron chi connectivity index (χ3n) is 3.99. The smallest absolute Gasteiger partial charge is 0.269 e. The predicted molar refractivity (Wildman–Crippen MR) is 90.0 cm³/mol. The fourth-order valence-electron chi connectivity index (χ4n) is 2.79. The number of alkyl halides is 1. The van der Waals surface area contributed by atoms with E-state index in [1.54, 1.807) is 12.1 Å². The molecule has 2 aromatic carbocycles. The van der Waals surface area contributed by atoms with E-state index < -0.39 is 4.92 Å². The van der Waals surface area contributed by atoms with Gasteiger partial charge in [-0.3, -0.25) is 10.1 Å². The van der Waals surface area contributed by atoms with Gasteiger partial charge in [-0.1, -0.05) is 23.7 Å². The monoisotopic (exact) mass is 351 g/mol. The lowest BCUT2D eigenvalue weighted by Crippen LogP contribution is -2.23. The topological polar surface area (TPSA) is 52.4 Å². The van der Waals surface area contributed by atoms with Crippen molar-refractivity contribution in [1.82, 2.24) is 0 Å². The minimum absolute atomic E-state index is 0.00961. The number of nitro benzene ring substituents is 1. The summed E-state index contributed by atoms with van der Waals surface area (Å²) >= 11 is 12.3. The quantitative estimate of drug-likeness (QED) is 0.419. The van der Waals surface area contributed by atoms with Gasteiger partial charge in [0.25, 0.3) is 5.69 Å². The first-order chi connectivity index (χ1) is 11.0. The van der Waals surface area contributed by atoms with Crippen molar-refractivity contribution in [2.24, 2.45) is 0 Å². The molecule has 3 rings (SSSR count). The molecular weight excluding hydrogens is 337 g/mol. The maximum absolute atomic E-state index is 10.7. The highest BCUT2D eigenvalue weighted by molar-refractivity contribution is 6.30. The van der Waals surface area contributed by atoms with Crippen molar-refractivity contribution in [2.75, 3.05) is 0 Å². The predicted octanol–water partition coefficient (Wildman–Crippen LogP) is 5.45. The summed E-state index contributed by atoms with van der Waals surface area (Å²) in [6.07, 6.45) is 1.13. The van der Waals surface area contributed by atoms with Crippen LogP contribution in [-0.2, 0) is 4.74 Å². The summed E-state index contributed by atoms with van der Waals surface area (Å²) in [6.45, 7) is 0. The number of hydrogen-bond acceptors (Lipinski definition) is 3. The van der Waals surface area contributed by atoms with Crippen LogP contribution in [0.15, 0.2) is 48.5 Å². The van der Waals surface area contributed by atoms with Crippen molar-refractivity contribution in [2.45, 2.75) is 30.4 Å². The molecule has 0 spiro atoms. The average molecular weight is 352 g/mol. The molecule has 4 nitrogen and oxygen atoms in total. The maximum atomic E-state index is 10.7. The summed E-state index contributed by atoms with van der Waals surface area (Å²) in [5.41, 5.74) is 2.01. The molecule has 3 atom stereocenters. The molecule has 0 bridgehead atoms. The summed E-state index contributed by atoms with van der Waals surface area (Å²) in [5.74, 6) is 0. The van der Waals surface area contributed by atoms with E-state index in [9.17, 15) is 10.1 Å². The molecule has 1 aliphatic rings. The Balaban J connectivity index is 1.80. The molecule has 1 saturated heterocycles. The molecule has 1 fully saturated rings.